The smallest absolute Gasteiger partial charge is 0.336 e. The van der Waals surface area contributed by atoms with Crippen LogP contribution < -0.4 is 16.1 Å². The summed E-state index contributed by atoms with van der Waals surface area (Å²) in [7, 11) is 1.29. The number of rotatable bonds is 5. The van der Waals surface area contributed by atoms with Gasteiger partial charge in [-0.15, -0.1) is 6.42 Å². The van der Waals surface area contributed by atoms with Gasteiger partial charge < -0.3 is 15.4 Å². The van der Waals surface area contributed by atoms with E-state index >= 15 is 0 Å². The molecule has 4 rings (SSSR count). The SMILES string of the molecule is C#Cc1cccc(C2C(C(=O)Nc3ccc(C4=NNC(=O)C(=O)C4C)cc3)=C(C)NC(C)=C2C(=O)OC)c1. The minimum absolute atomic E-state index is 0.309. The molecule has 0 bridgehead atoms. The molecule has 2 aliphatic rings. The lowest BCUT2D eigenvalue weighted by Gasteiger charge is -2.31. The monoisotopic (exact) mass is 510 g/mol. The van der Waals surface area contributed by atoms with Gasteiger partial charge in [-0.25, -0.2) is 10.2 Å². The van der Waals surface area contributed by atoms with Crippen LogP contribution in [0.15, 0.2) is 76.2 Å². The highest BCUT2D eigenvalue weighted by atomic mass is 16.5. The van der Waals surface area contributed by atoms with Gasteiger partial charge in [0.05, 0.1) is 30.2 Å². The lowest BCUT2D eigenvalue weighted by atomic mass is 9.79. The van der Waals surface area contributed by atoms with Crippen molar-refractivity contribution in [1.29, 1.82) is 0 Å². The molecule has 0 aliphatic carbocycles. The fourth-order valence-electron chi connectivity index (χ4n) is 4.64. The number of terminal acetylenes is 1. The number of allylic oxidation sites excluding steroid dienone is 2. The third-order valence-electron chi connectivity index (χ3n) is 6.54. The van der Waals surface area contributed by atoms with E-state index in [-0.39, 0.29) is 0 Å². The molecule has 2 aliphatic heterocycles. The van der Waals surface area contributed by atoms with Gasteiger partial charge >= 0.3 is 11.9 Å². The minimum Gasteiger partial charge on any atom is -0.466 e. The molecule has 0 fully saturated rings. The number of dihydropyridines is 1. The quantitative estimate of drug-likeness (QED) is 0.323. The highest BCUT2D eigenvalue weighted by Crippen LogP contribution is 2.39. The van der Waals surface area contributed by atoms with E-state index in [1.54, 1.807) is 63.2 Å². The molecule has 9 nitrogen and oxygen atoms in total. The average molecular weight is 511 g/mol. The van der Waals surface area contributed by atoms with Crippen LogP contribution in [0.3, 0.4) is 0 Å². The van der Waals surface area contributed by atoms with Crippen molar-refractivity contribution >= 4 is 35.0 Å². The second kappa shape index (κ2) is 10.6. The standard InChI is InChI=1S/C29H26N4O5/c1-6-18-8-7-9-20(14-18)24-22(16(3)30-17(4)23(24)29(37)38-5)27(35)31-21-12-10-19(11-13-21)25-15(2)26(34)28(36)33-32-25/h1,7-15,24,30H,2-5H3,(H,31,35)(H,33,36). The molecule has 0 saturated heterocycles. The number of anilines is 1. The number of benzene rings is 2. The third kappa shape index (κ3) is 4.84. The molecule has 2 aromatic carbocycles. The number of nitrogens with zero attached hydrogens (tertiary/aromatic N) is 1. The summed E-state index contributed by atoms with van der Waals surface area (Å²) in [5.41, 5.74) is 6.87. The van der Waals surface area contributed by atoms with Crippen LogP contribution in [0.4, 0.5) is 5.69 Å². The van der Waals surface area contributed by atoms with E-state index in [0.29, 0.717) is 50.6 Å². The Bertz CT molecular complexity index is 1490. The average Bonchev–Trinajstić information content (AvgIpc) is 2.91. The molecule has 2 unspecified atom stereocenters. The Hall–Kier alpha value is -4.97. The zero-order valence-corrected chi connectivity index (χ0v) is 21.3. The van der Waals surface area contributed by atoms with Crippen molar-refractivity contribution in [3.8, 4) is 12.3 Å². The summed E-state index contributed by atoms with van der Waals surface area (Å²) < 4.78 is 5.05. The van der Waals surface area contributed by atoms with Crippen LogP contribution in [0.2, 0.25) is 0 Å². The van der Waals surface area contributed by atoms with Gasteiger partial charge in [-0.05, 0) is 56.2 Å². The number of Topliss-reactive ketones (excluding diaryl/α,β-unsaturated/α-hetero) is 1. The van der Waals surface area contributed by atoms with Crippen molar-refractivity contribution < 1.29 is 23.9 Å². The van der Waals surface area contributed by atoms with Crippen LogP contribution in [-0.2, 0) is 23.9 Å². The van der Waals surface area contributed by atoms with Crippen LogP contribution in [-0.4, -0.2) is 36.4 Å². The first kappa shape index (κ1) is 26.1. The molecule has 2 heterocycles. The van der Waals surface area contributed by atoms with Gasteiger partial charge in [0.25, 0.3) is 5.91 Å². The summed E-state index contributed by atoms with van der Waals surface area (Å²) in [6.07, 6.45) is 5.60. The van der Waals surface area contributed by atoms with E-state index in [1.165, 1.54) is 7.11 Å². The number of amides is 2. The van der Waals surface area contributed by atoms with Gasteiger partial charge in [-0.2, -0.15) is 5.10 Å². The van der Waals surface area contributed by atoms with E-state index in [4.69, 9.17) is 11.2 Å². The van der Waals surface area contributed by atoms with Gasteiger partial charge in [0.15, 0.2) is 0 Å². The maximum absolute atomic E-state index is 13.7. The molecule has 0 radical (unpaired) electrons. The van der Waals surface area contributed by atoms with Crippen molar-refractivity contribution in [2.24, 2.45) is 11.0 Å². The third-order valence-corrected chi connectivity index (χ3v) is 6.54. The number of ether oxygens (including phenoxy) is 1. The van der Waals surface area contributed by atoms with Crippen LogP contribution in [0.25, 0.3) is 0 Å². The van der Waals surface area contributed by atoms with Crippen molar-refractivity contribution in [1.82, 2.24) is 10.7 Å². The Morgan fingerprint density at radius 2 is 1.74 bits per heavy atom. The first-order chi connectivity index (χ1) is 18.2. The molecule has 3 N–H and O–H groups in total. The molecule has 38 heavy (non-hydrogen) atoms. The van der Waals surface area contributed by atoms with Gasteiger partial charge in [0.1, 0.15) is 0 Å². The van der Waals surface area contributed by atoms with E-state index in [9.17, 15) is 19.2 Å². The summed E-state index contributed by atoms with van der Waals surface area (Å²) in [4.78, 5) is 50.1. The zero-order chi connectivity index (χ0) is 27.6. The van der Waals surface area contributed by atoms with Crippen molar-refractivity contribution in [3.63, 3.8) is 0 Å². The van der Waals surface area contributed by atoms with Gasteiger partial charge in [-0.3, -0.25) is 14.4 Å². The number of carbonyl (C=O) groups is 4. The molecule has 0 spiro atoms. The van der Waals surface area contributed by atoms with E-state index in [1.807, 2.05) is 6.07 Å². The predicted molar refractivity (Wildman–Crippen MR) is 142 cm³/mol. The topological polar surface area (TPSA) is 126 Å². The number of nitrogens with one attached hydrogen (secondary N) is 3. The number of methoxy groups -OCH3 is 1. The highest BCUT2D eigenvalue weighted by molar-refractivity contribution is 6.43. The Morgan fingerprint density at radius 1 is 1.05 bits per heavy atom. The first-order valence-corrected chi connectivity index (χ1v) is 11.8. The summed E-state index contributed by atoms with van der Waals surface area (Å²) in [5, 5.41) is 10.0. The second-order valence-electron chi connectivity index (χ2n) is 8.95. The predicted octanol–water partition coefficient (Wildman–Crippen LogP) is 2.75. The molecule has 0 aromatic heterocycles. The van der Waals surface area contributed by atoms with Crippen LogP contribution in [0.5, 0.6) is 0 Å². The summed E-state index contributed by atoms with van der Waals surface area (Å²) >= 11 is 0. The number of hydrogen-bond acceptors (Lipinski definition) is 7. The van der Waals surface area contributed by atoms with Crippen molar-refractivity contribution in [2.45, 2.75) is 26.7 Å². The maximum Gasteiger partial charge on any atom is 0.336 e. The number of carbonyl (C=O) groups excluding carboxylic acids is 4. The van der Waals surface area contributed by atoms with E-state index in [2.05, 4.69) is 27.1 Å². The lowest BCUT2D eigenvalue weighted by molar-refractivity contribution is -0.139. The van der Waals surface area contributed by atoms with Crippen LogP contribution in [0.1, 0.15) is 43.4 Å². The van der Waals surface area contributed by atoms with Gasteiger partial charge in [0.2, 0.25) is 5.78 Å². The number of hydrogen-bond donors (Lipinski definition) is 3. The molecule has 2 amide bonds. The normalized spacial score (nSPS) is 19.2. The molecule has 9 heteroatoms. The Kier molecular flexibility index (Phi) is 7.26. The van der Waals surface area contributed by atoms with E-state index < -0.39 is 35.4 Å². The van der Waals surface area contributed by atoms with E-state index in [0.717, 1.165) is 0 Å². The molecular weight excluding hydrogens is 484 g/mol. The molecule has 192 valence electrons. The van der Waals surface area contributed by atoms with Gasteiger partial charge in [0, 0.05) is 28.2 Å². The van der Waals surface area contributed by atoms with Crippen LogP contribution in [0, 0.1) is 18.3 Å². The lowest BCUT2D eigenvalue weighted by Crippen LogP contribution is -2.41. The highest BCUT2D eigenvalue weighted by Gasteiger charge is 2.37. The fourth-order valence-corrected chi connectivity index (χ4v) is 4.64. The molecule has 0 saturated carbocycles. The van der Waals surface area contributed by atoms with Crippen molar-refractivity contribution in [3.05, 3.63) is 87.8 Å². The summed E-state index contributed by atoms with van der Waals surface area (Å²) in [6.45, 7) is 5.13. The Morgan fingerprint density at radius 3 is 2.39 bits per heavy atom. The fraction of sp³-hybridized carbons (Fsp3) is 0.207. The summed E-state index contributed by atoms with van der Waals surface area (Å²) in [6, 6.07) is 13.9. The zero-order valence-electron chi connectivity index (χ0n) is 21.3. The minimum atomic E-state index is -0.743. The number of esters is 1. The molecule has 2 atom stereocenters. The van der Waals surface area contributed by atoms with Gasteiger partial charge in [-0.1, -0.05) is 30.2 Å². The second-order valence-corrected chi connectivity index (χ2v) is 8.95. The number of ketones is 1. The Balaban J connectivity index is 1.67. The number of hydrazone groups is 1. The largest absolute Gasteiger partial charge is 0.466 e. The molecule has 2 aromatic rings. The van der Waals surface area contributed by atoms with Crippen molar-refractivity contribution in [2.75, 3.05) is 12.4 Å². The van der Waals surface area contributed by atoms with Crippen LogP contribution >= 0.6 is 0 Å². The molecular formula is C29H26N4O5. The summed E-state index contributed by atoms with van der Waals surface area (Å²) in [5.74, 6) is -1.09. The first-order valence-electron chi connectivity index (χ1n) is 11.8. The Labute approximate surface area is 220 Å². The maximum atomic E-state index is 13.7.